The number of ether oxygens (including phenoxy) is 2. The zero-order chi connectivity index (χ0) is 10.3. The standard InChI is InChI=1S/C9H13O4P/c1-9(2)12-7-5(4-11-14)3-6(10)8(7)13-9/h3,7-8H,4,14H2,1-2H3/t7-,8+/m1/s1. The molecule has 2 rings (SSSR count). The first-order valence-electron chi connectivity index (χ1n) is 4.45. The molecule has 5 heteroatoms. The van der Waals surface area contributed by atoms with E-state index in [-0.39, 0.29) is 11.9 Å². The molecule has 0 radical (unpaired) electrons. The van der Waals surface area contributed by atoms with Gasteiger partial charge < -0.3 is 14.0 Å². The zero-order valence-corrected chi connectivity index (χ0v) is 9.30. The molecular formula is C9H13O4P. The summed E-state index contributed by atoms with van der Waals surface area (Å²) in [5.74, 6) is -0.705. The molecule has 0 amide bonds. The van der Waals surface area contributed by atoms with Crippen LogP contribution in [0.25, 0.3) is 0 Å². The predicted octanol–water partition coefficient (Wildman–Crippen LogP) is 0.822. The van der Waals surface area contributed by atoms with E-state index in [1.807, 2.05) is 0 Å². The van der Waals surface area contributed by atoms with Crippen LogP contribution < -0.4 is 0 Å². The highest BCUT2D eigenvalue weighted by atomic mass is 31.0. The highest BCUT2D eigenvalue weighted by molar-refractivity contribution is 7.09. The second kappa shape index (κ2) is 3.38. The van der Waals surface area contributed by atoms with Gasteiger partial charge in [0.2, 0.25) is 0 Å². The number of carbonyl (C=O) groups is 1. The van der Waals surface area contributed by atoms with Crippen molar-refractivity contribution >= 4 is 15.2 Å². The molecule has 0 aromatic rings. The monoisotopic (exact) mass is 216 g/mol. The van der Waals surface area contributed by atoms with Crippen molar-refractivity contribution in [2.75, 3.05) is 6.61 Å². The lowest BCUT2D eigenvalue weighted by Gasteiger charge is -2.17. The van der Waals surface area contributed by atoms with Crippen LogP contribution in [0.3, 0.4) is 0 Å². The van der Waals surface area contributed by atoms with Crippen LogP contribution in [0.5, 0.6) is 0 Å². The van der Waals surface area contributed by atoms with Crippen molar-refractivity contribution in [3.05, 3.63) is 11.6 Å². The van der Waals surface area contributed by atoms with Gasteiger partial charge in [-0.1, -0.05) is 0 Å². The van der Waals surface area contributed by atoms with Crippen molar-refractivity contribution in [2.24, 2.45) is 0 Å². The first-order valence-corrected chi connectivity index (χ1v) is 4.92. The van der Waals surface area contributed by atoms with Crippen molar-refractivity contribution < 1.29 is 18.8 Å². The van der Waals surface area contributed by atoms with E-state index >= 15 is 0 Å². The van der Waals surface area contributed by atoms with Crippen molar-refractivity contribution in [2.45, 2.75) is 31.8 Å². The smallest absolute Gasteiger partial charge is 0.187 e. The van der Waals surface area contributed by atoms with E-state index in [2.05, 4.69) is 9.47 Å². The van der Waals surface area contributed by atoms with Crippen LogP contribution in [0.2, 0.25) is 0 Å². The Labute approximate surface area is 84.9 Å². The third-order valence-corrected chi connectivity index (χ3v) is 2.49. The third kappa shape index (κ3) is 1.63. The summed E-state index contributed by atoms with van der Waals surface area (Å²) in [4.78, 5) is 11.5. The van der Waals surface area contributed by atoms with Gasteiger partial charge in [-0.2, -0.15) is 0 Å². The van der Waals surface area contributed by atoms with Crippen LogP contribution in [0, 0.1) is 0 Å². The number of fused-ring (bicyclic) bond motifs is 1. The lowest BCUT2D eigenvalue weighted by Crippen LogP contribution is -2.25. The van der Waals surface area contributed by atoms with Gasteiger partial charge in [-0.05, 0) is 25.5 Å². The summed E-state index contributed by atoms with van der Waals surface area (Å²) in [6, 6.07) is 0. The molecule has 0 bridgehead atoms. The molecule has 0 saturated carbocycles. The van der Waals surface area contributed by atoms with Gasteiger partial charge in [-0.25, -0.2) is 0 Å². The van der Waals surface area contributed by atoms with Crippen LogP contribution in [0.4, 0.5) is 0 Å². The Bertz CT molecular complexity index is 297. The fraction of sp³-hybridized carbons (Fsp3) is 0.667. The topological polar surface area (TPSA) is 44.8 Å². The number of hydrogen-bond acceptors (Lipinski definition) is 4. The van der Waals surface area contributed by atoms with E-state index in [1.165, 1.54) is 0 Å². The molecule has 0 N–H and O–H groups in total. The first kappa shape index (κ1) is 10.2. The summed E-state index contributed by atoms with van der Waals surface area (Å²) in [6.45, 7) is 3.99. The molecule has 3 atom stereocenters. The van der Waals surface area contributed by atoms with Gasteiger partial charge in [0, 0.05) is 9.47 Å². The maximum atomic E-state index is 11.5. The minimum Gasteiger partial charge on any atom is -0.361 e. The molecule has 1 fully saturated rings. The van der Waals surface area contributed by atoms with Crippen LogP contribution in [-0.2, 0) is 18.8 Å². The van der Waals surface area contributed by atoms with E-state index in [4.69, 9.17) is 14.0 Å². The van der Waals surface area contributed by atoms with Crippen LogP contribution in [-0.4, -0.2) is 30.4 Å². The molecule has 4 nitrogen and oxygen atoms in total. The Hall–Kier alpha value is -0.280. The second-order valence-corrected chi connectivity index (χ2v) is 4.24. The molecule has 0 spiro atoms. The molecule has 1 aliphatic carbocycles. The van der Waals surface area contributed by atoms with Gasteiger partial charge in [-0.3, -0.25) is 4.79 Å². The van der Waals surface area contributed by atoms with E-state index < -0.39 is 11.9 Å². The van der Waals surface area contributed by atoms with Crippen molar-refractivity contribution in [3.8, 4) is 0 Å². The van der Waals surface area contributed by atoms with Gasteiger partial charge in [-0.15, -0.1) is 0 Å². The van der Waals surface area contributed by atoms with Gasteiger partial charge in [0.25, 0.3) is 0 Å². The van der Waals surface area contributed by atoms with Crippen LogP contribution in [0.15, 0.2) is 11.6 Å². The maximum absolute atomic E-state index is 11.5. The fourth-order valence-electron chi connectivity index (χ4n) is 1.81. The lowest BCUT2D eigenvalue weighted by molar-refractivity contribution is -0.153. The summed E-state index contributed by atoms with van der Waals surface area (Å²) in [5.41, 5.74) is 0.848. The normalized spacial score (nSPS) is 34.5. The SMILES string of the molecule is CC1(C)O[C@@H]2C(COP)=CC(=O)[C@@H]2O1. The highest BCUT2D eigenvalue weighted by Crippen LogP contribution is 2.36. The summed E-state index contributed by atoms with van der Waals surface area (Å²) in [5, 5.41) is 0. The summed E-state index contributed by atoms with van der Waals surface area (Å²) < 4.78 is 16.0. The van der Waals surface area contributed by atoms with E-state index in [0.717, 1.165) is 5.57 Å². The van der Waals surface area contributed by atoms with E-state index in [1.54, 1.807) is 19.9 Å². The Morgan fingerprint density at radius 3 is 2.79 bits per heavy atom. The van der Waals surface area contributed by atoms with Gasteiger partial charge in [0.1, 0.15) is 6.10 Å². The largest absolute Gasteiger partial charge is 0.361 e. The lowest BCUT2D eigenvalue weighted by atomic mass is 10.2. The maximum Gasteiger partial charge on any atom is 0.187 e. The van der Waals surface area contributed by atoms with E-state index in [0.29, 0.717) is 6.61 Å². The van der Waals surface area contributed by atoms with Crippen molar-refractivity contribution in [3.63, 3.8) is 0 Å². The minimum absolute atomic E-state index is 0.0300. The van der Waals surface area contributed by atoms with Gasteiger partial charge in [0.15, 0.2) is 17.7 Å². The predicted molar refractivity (Wildman–Crippen MR) is 52.6 cm³/mol. The molecular weight excluding hydrogens is 203 g/mol. The fourth-order valence-corrected chi connectivity index (χ4v) is 2.00. The third-order valence-electron chi connectivity index (χ3n) is 2.32. The average molecular weight is 216 g/mol. The average Bonchev–Trinajstić information content (AvgIpc) is 2.51. The Balaban J connectivity index is 2.18. The van der Waals surface area contributed by atoms with Crippen molar-refractivity contribution in [1.29, 1.82) is 0 Å². The molecule has 1 aliphatic heterocycles. The van der Waals surface area contributed by atoms with Gasteiger partial charge >= 0.3 is 0 Å². The molecule has 2 aliphatic rings. The molecule has 1 heterocycles. The quantitative estimate of drug-likeness (QED) is 0.641. The Kier molecular flexibility index (Phi) is 2.48. The second-order valence-electron chi connectivity index (χ2n) is 3.91. The molecule has 0 aromatic carbocycles. The molecule has 0 aromatic heterocycles. The van der Waals surface area contributed by atoms with Gasteiger partial charge in [0.05, 0.1) is 6.61 Å². The van der Waals surface area contributed by atoms with Crippen molar-refractivity contribution in [1.82, 2.24) is 0 Å². The zero-order valence-electron chi connectivity index (χ0n) is 8.15. The molecule has 14 heavy (non-hydrogen) atoms. The number of ketones is 1. The summed E-state index contributed by atoms with van der Waals surface area (Å²) >= 11 is 0. The van der Waals surface area contributed by atoms with Crippen LogP contribution in [0.1, 0.15) is 13.8 Å². The first-order chi connectivity index (χ1) is 6.53. The highest BCUT2D eigenvalue weighted by Gasteiger charge is 2.49. The van der Waals surface area contributed by atoms with Crippen LogP contribution >= 0.6 is 9.47 Å². The number of hydrogen-bond donors (Lipinski definition) is 0. The Morgan fingerprint density at radius 2 is 2.14 bits per heavy atom. The van der Waals surface area contributed by atoms with E-state index in [9.17, 15) is 4.79 Å². The summed E-state index contributed by atoms with van der Waals surface area (Å²) in [6.07, 6.45) is 0.812. The molecule has 1 unspecified atom stereocenters. The minimum atomic E-state index is -0.675. The molecule has 78 valence electrons. The number of rotatable bonds is 2. The molecule has 1 saturated heterocycles. The summed E-state index contributed by atoms with van der Waals surface area (Å²) in [7, 11) is 2.16. The Morgan fingerprint density at radius 1 is 1.50 bits per heavy atom. The number of carbonyl (C=O) groups excluding carboxylic acids is 1.